The van der Waals surface area contributed by atoms with Gasteiger partial charge in [0.05, 0.1) is 5.69 Å². The maximum atomic E-state index is 14.1. The molecule has 0 atom stereocenters. The molecule has 0 bridgehead atoms. The highest BCUT2D eigenvalue weighted by Gasteiger charge is 2.26. The molecule has 1 aromatic carbocycles. The molecule has 2 aromatic rings. The molecule has 4 nitrogen and oxygen atoms in total. The van der Waals surface area contributed by atoms with Gasteiger partial charge in [-0.3, -0.25) is 9.78 Å². The number of hydrogen-bond donors (Lipinski definition) is 0. The van der Waals surface area contributed by atoms with Gasteiger partial charge in [-0.25, -0.2) is 4.39 Å². The molecule has 0 unspecified atom stereocenters. The zero-order chi connectivity index (χ0) is 18.8. The zero-order valence-electron chi connectivity index (χ0n) is 15.5. The average molecular weight is 366 g/mol. The van der Waals surface area contributed by atoms with Crippen molar-refractivity contribution in [3.05, 3.63) is 70.3 Å². The van der Waals surface area contributed by atoms with Crippen LogP contribution in [0.2, 0.25) is 0 Å². The molecule has 27 heavy (non-hydrogen) atoms. The topological polar surface area (TPSA) is 42.4 Å². The Morgan fingerprint density at radius 1 is 1.15 bits per heavy atom. The number of fused-ring (bicyclic) bond motifs is 2. The summed E-state index contributed by atoms with van der Waals surface area (Å²) in [6.07, 6.45) is 5.13. The van der Waals surface area contributed by atoms with Crippen LogP contribution in [0.1, 0.15) is 35.2 Å². The molecule has 0 spiro atoms. The van der Waals surface area contributed by atoms with Gasteiger partial charge in [-0.2, -0.15) is 0 Å². The van der Waals surface area contributed by atoms with Crippen LogP contribution in [-0.2, 0) is 22.4 Å². The second kappa shape index (κ2) is 7.61. The quantitative estimate of drug-likeness (QED) is 0.818. The molecule has 1 saturated heterocycles. The van der Waals surface area contributed by atoms with Gasteiger partial charge in [0.2, 0.25) is 5.91 Å². The van der Waals surface area contributed by atoms with Gasteiger partial charge < -0.3 is 9.64 Å². The Morgan fingerprint density at radius 2 is 1.93 bits per heavy atom. The van der Waals surface area contributed by atoms with Crippen molar-refractivity contribution in [2.24, 2.45) is 0 Å². The Kier molecular flexibility index (Phi) is 5.03. The smallest absolute Gasteiger partial charge is 0.248 e. The Bertz CT molecular complexity index is 897. The summed E-state index contributed by atoms with van der Waals surface area (Å²) in [4.78, 5) is 18.6. The normalized spacial score (nSPS) is 16.6. The van der Waals surface area contributed by atoms with Crippen LogP contribution in [0, 0.1) is 5.82 Å². The Labute approximate surface area is 158 Å². The van der Waals surface area contributed by atoms with Crippen LogP contribution >= 0.6 is 0 Å². The van der Waals surface area contributed by atoms with Crippen molar-refractivity contribution in [3.63, 3.8) is 0 Å². The highest BCUT2D eigenvalue weighted by atomic mass is 19.1. The number of carbonyl (C=O) groups excluding carboxylic acids is 1. The fraction of sp³-hybridized carbons (Fsp3) is 0.364. The van der Waals surface area contributed by atoms with Gasteiger partial charge in [-0.05, 0) is 60.6 Å². The van der Waals surface area contributed by atoms with Crippen LogP contribution in [0.5, 0.6) is 0 Å². The summed E-state index contributed by atoms with van der Waals surface area (Å²) in [6, 6.07) is 9.15. The number of benzene rings is 1. The Morgan fingerprint density at radius 3 is 2.70 bits per heavy atom. The third-order valence-corrected chi connectivity index (χ3v) is 5.47. The first-order valence-electron chi connectivity index (χ1n) is 9.39. The van der Waals surface area contributed by atoms with Gasteiger partial charge in [0.25, 0.3) is 0 Å². The largest absolute Gasteiger partial charge is 0.375 e. The number of ether oxygens (including phenoxy) is 1. The Balaban J connectivity index is 1.77. The van der Waals surface area contributed by atoms with E-state index < -0.39 is 0 Å². The first-order chi connectivity index (χ1) is 13.2. The molecule has 140 valence electrons. The van der Waals surface area contributed by atoms with Gasteiger partial charge in [0.1, 0.15) is 12.4 Å². The van der Waals surface area contributed by atoms with Crippen molar-refractivity contribution in [3.8, 4) is 0 Å². The molecule has 4 rings (SSSR count). The summed E-state index contributed by atoms with van der Waals surface area (Å²) >= 11 is 0. The van der Waals surface area contributed by atoms with Crippen molar-refractivity contribution in [1.29, 1.82) is 0 Å². The third-order valence-electron chi connectivity index (χ3n) is 5.47. The first kappa shape index (κ1) is 17.9. The maximum Gasteiger partial charge on any atom is 0.248 e. The van der Waals surface area contributed by atoms with Crippen molar-refractivity contribution < 1.29 is 13.9 Å². The molecule has 5 heteroatoms. The molecule has 0 saturated carbocycles. The predicted molar refractivity (Wildman–Crippen MR) is 102 cm³/mol. The van der Waals surface area contributed by atoms with Gasteiger partial charge in [-0.1, -0.05) is 17.7 Å². The highest BCUT2D eigenvalue weighted by molar-refractivity contribution is 5.85. The number of aryl methyl sites for hydroxylation is 2. The summed E-state index contributed by atoms with van der Waals surface area (Å²) in [5.74, 6) is -0.202. The molecule has 2 aliphatic rings. The van der Waals surface area contributed by atoms with E-state index in [1.54, 1.807) is 12.3 Å². The minimum absolute atomic E-state index is 0.0207. The number of amides is 1. The van der Waals surface area contributed by atoms with E-state index in [0.717, 1.165) is 48.1 Å². The first-order valence-corrected chi connectivity index (χ1v) is 9.39. The summed E-state index contributed by atoms with van der Waals surface area (Å²) in [7, 11) is 1.54. The summed E-state index contributed by atoms with van der Waals surface area (Å²) in [5, 5.41) is 0. The fourth-order valence-corrected chi connectivity index (χ4v) is 4.11. The number of nitrogens with zero attached hydrogens (tertiary/aromatic N) is 2. The number of pyridine rings is 1. The van der Waals surface area contributed by atoms with Crippen LogP contribution in [0.3, 0.4) is 0 Å². The van der Waals surface area contributed by atoms with Crippen molar-refractivity contribution in [1.82, 2.24) is 9.88 Å². The molecule has 1 aliphatic heterocycles. The van der Waals surface area contributed by atoms with Crippen LogP contribution in [0.4, 0.5) is 4.39 Å². The monoisotopic (exact) mass is 366 g/mol. The SMILES string of the molecule is COCC(=O)N1CCC(=C2c3cc(F)ccc3CCc3cccnc32)CC1. The second-order valence-corrected chi connectivity index (χ2v) is 7.10. The van der Waals surface area contributed by atoms with Gasteiger partial charge in [0, 0.05) is 32.0 Å². The van der Waals surface area contributed by atoms with E-state index in [1.807, 2.05) is 17.0 Å². The number of halogens is 1. The van der Waals surface area contributed by atoms with Crippen molar-refractivity contribution in [2.75, 3.05) is 26.8 Å². The molecule has 0 N–H and O–H groups in total. The molecule has 2 heterocycles. The van der Waals surface area contributed by atoms with E-state index in [1.165, 1.54) is 24.3 Å². The number of likely N-dealkylation sites (tertiary alicyclic amines) is 1. The number of aromatic nitrogens is 1. The van der Waals surface area contributed by atoms with Crippen LogP contribution in [-0.4, -0.2) is 42.6 Å². The molecular formula is C22H23FN2O2. The van der Waals surface area contributed by atoms with Crippen molar-refractivity contribution >= 4 is 11.5 Å². The Hall–Kier alpha value is -2.53. The van der Waals surface area contributed by atoms with Crippen LogP contribution in [0.25, 0.3) is 5.57 Å². The van der Waals surface area contributed by atoms with Crippen LogP contribution < -0.4 is 0 Å². The minimum atomic E-state index is -0.223. The molecule has 1 aliphatic carbocycles. The third kappa shape index (κ3) is 3.52. The van der Waals surface area contributed by atoms with E-state index in [9.17, 15) is 9.18 Å². The molecule has 1 amide bonds. The lowest BCUT2D eigenvalue weighted by atomic mass is 9.88. The summed E-state index contributed by atoms with van der Waals surface area (Å²) in [6.45, 7) is 1.44. The average Bonchev–Trinajstić information content (AvgIpc) is 2.85. The molecule has 0 radical (unpaired) electrons. The number of methoxy groups -OCH3 is 1. The van der Waals surface area contributed by atoms with E-state index in [-0.39, 0.29) is 18.3 Å². The molecule has 1 fully saturated rings. The van der Waals surface area contributed by atoms with E-state index in [0.29, 0.717) is 13.1 Å². The number of carbonyl (C=O) groups is 1. The van der Waals surface area contributed by atoms with Crippen LogP contribution in [0.15, 0.2) is 42.1 Å². The lowest BCUT2D eigenvalue weighted by Crippen LogP contribution is -2.38. The standard InChI is InChI=1S/C22H23FN2O2/c1-27-14-20(26)25-11-8-16(9-12-25)21-19-13-18(23)7-6-15(19)4-5-17-3-2-10-24-22(17)21/h2-3,6-7,10,13H,4-5,8-9,11-12,14H2,1H3. The van der Waals surface area contributed by atoms with Gasteiger partial charge in [-0.15, -0.1) is 0 Å². The van der Waals surface area contributed by atoms with Crippen molar-refractivity contribution in [2.45, 2.75) is 25.7 Å². The fourth-order valence-electron chi connectivity index (χ4n) is 4.11. The van der Waals surface area contributed by atoms with Gasteiger partial charge >= 0.3 is 0 Å². The molecular weight excluding hydrogens is 343 g/mol. The van der Waals surface area contributed by atoms with E-state index in [2.05, 4.69) is 11.1 Å². The maximum absolute atomic E-state index is 14.1. The van der Waals surface area contributed by atoms with Gasteiger partial charge in [0.15, 0.2) is 0 Å². The lowest BCUT2D eigenvalue weighted by molar-refractivity contribution is -0.135. The second-order valence-electron chi connectivity index (χ2n) is 7.10. The minimum Gasteiger partial charge on any atom is -0.375 e. The summed E-state index contributed by atoms with van der Waals surface area (Å²) in [5.41, 5.74) is 6.61. The van der Waals surface area contributed by atoms with E-state index in [4.69, 9.17) is 4.74 Å². The predicted octanol–water partition coefficient (Wildman–Crippen LogP) is 3.39. The zero-order valence-corrected chi connectivity index (χ0v) is 15.5. The number of hydrogen-bond acceptors (Lipinski definition) is 3. The number of rotatable bonds is 2. The highest BCUT2D eigenvalue weighted by Crippen LogP contribution is 2.37. The number of piperidine rings is 1. The summed E-state index contributed by atoms with van der Waals surface area (Å²) < 4.78 is 19.1. The molecule has 1 aromatic heterocycles. The van der Waals surface area contributed by atoms with E-state index >= 15 is 0 Å². The lowest BCUT2D eigenvalue weighted by Gasteiger charge is -2.30.